The minimum atomic E-state index is -0.759. The van der Waals surface area contributed by atoms with E-state index in [2.05, 4.69) is 101 Å². The van der Waals surface area contributed by atoms with Crippen LogP contribution < -0.4 is 48.9 Å². The van der Waals surface area contributed by atoms with Crippen molar-refractivity contribution in [2.45, 2.75) is 78.1 Å². The standard InChI is InChI=1S/C20H18FN7O.C20H18FN7.C19H17F2N7.C18H14ClF2N7/c1-29-14-7-5-13(6-8-14)23-19-25-18(22)26-20(27-19)28-16-9-4-12(21)10-15(16)24-17(28)11-2-3-11;1-11-2-7-14(8-3-11)23-19-25-18(22)26-20(27-19)28-16-9-6-13(21)10-15(16)24-17(28)12-4-5-12;1-3-15-24-16-13(21)8-11(20)9-14(16)28(15)19-26-17(22)25-18(27-19)23-12-6-4-10(2)5-7-12;1-2-14-24-15-12(21)7-10(20)8-13(15)28(14)18-26-16(22)25-17(27-18)23-11-5-3-9(19)4-6-11/h4-11H,2-3H2,1H3,(H3,22,23,25,26,27);2-3,6-10,12H,4-5H2,1H3,(H3,22,23,25,26,27);4-9H,3H2,1-2H3,(H3,22,23,25,26,27);3-8H,2H2,1H3,(H3,22,23,25,26,27). The summed E-state index contributed by atoms with van der Waals surface area (Å²) in [5.74, 6) is 2.45. The molecule has 0 amide bonds. The highest BCUT2D eigenvalue weighted by Crippen LogP contribution is 2.43. The molecule has 2 saturated carbocycles. The Morgan fingerprint density at radius 3 is 1.03 bits per heavy atom. The molecule has 0 aliphatic heterocycles. The number of hydrogen-bond donors (Lipinski definition) is 8. The number of benzene rings is 8. The second kappa shape index (κ2) is 31.4. The van der Waals surface area contributed by atoms with Gasteiger partial charge in [-0.15, -0.1) is 0 Å². The molecule has 0 atom stereocenters. The topological polar surface area (TPSA) is 387 Å². The number of fused-ring (bicyclic) bond motifs is 4. The van der Waals surface area contributed by atoms with Gasteiger partial charge >= 0.3 is 0 Å². The van der Waals surface area contributed by atoms with Crippen molar-refractivity contribution in [2.75, 3.05) is 51.3 Å². The molecule has 570 valence electrons. The van der Waals surface area contributed by atoms with Gasteiger partial charge in [0.15, 0.2) is 11.6 Å². The van der Waals surface area contributed by atoms with Crippen LogP contribution in [0, 0.1) is 48.8 Å². The lowest BCUT2D eigenvalue weighted by Gasteiger charge is -2.10. The molecule has 16 aromatic rings. The van der Waals surface area contributed by atoms with Gasteiger partial charge in [0.1, 0.15) is 63.3 Å². The zero-order valence-corrected chi connectivity index (χ0v) is 61.5. The Morgan fingerprint density at radius 2 is 0.699 bits per heavy atom. The number of nitrogens with one attached hydrogen (secondary N) is 4. The van der Waals surface area contributed by atoms with E-state index in [1.165, 1.54) is 45.5 Å². The Labute approximate surface area is 643 Å². The number of aryl methyl sites for hydroxylation is 4. The van der Waals surface area contributed by atoms with Gasteiger partial charge in [0, 0.05) is 88.8 Å². The largest absolute Gasteiger partial charge is 0.497 e. The van der Waals surface area contributed by atoms with E-state index in [1.54, 1.807) is 43.5 Å². The maximum Gasteiger partial charge on any atom is 0.242 e. The van der Waals surface area contributed by atoms with Gasteiger partial charge in [-0.25, -0.2) is 46.3 Å². The first-order valence-electron chi connectivity index (χ1n) is 35.3. The summed E-state index contributed by atoms with van der Waals surface area (Å²) in [5.41, 5.74) is 32.1. The Morgan fingerprint density at radius 1 is 0.372 bits per heavy atom. The first-order valence-corrected chi connectivity index (χ1v) is 35.7. The monoisotopic (exact) mass is 1550 g/mol. The molecule has 36 heteroatoms. The average Bonchev–Trinajstić information content (AvgIpc) is 1.68. The second-order valence-electron chi connectivity index (χ2n) is 26.1. The van der Waals surface area contributed by atoms with Crippen molar-refractivity contribution in [1.29, 1.82) is 0 Å². The third-order valence-electron chi connectivity index (χ3n) is 17.7. The zero-order chi connectivity index (χ0) is 78.9. The summed E-state index contributed by atoms with van der Waals surface area (Å²) in [6, 6.07) is 42.8. The Bertz CT molecular complexity index is 6050. The van der Waals surface area contributed by atoms with Crippen molar-refractivity contribution >= 4 is 126 Å². The minimum absolute atomic E-state index is 0.0274. The molecule has 12 N–H and O–H groups in total. The smallest absolute Gasteiger partial charge is 0.242 e. The number of aromatic nitrogens is 20. The predicted octanol–water partition coefficient (Wildman–Crippen LogP) is 15.1. The van der Waals surface area contributed by atoms with Gasteiger partial charge < -0.3 is 48.9 Å². The van der Waals surface area contributed by atoms with Crippen LogP contribution in [0.5, 0.6) is 5.75 Å². The third kappa shape index (κ3) is 16.7. The predicted molar refractivity (Wildman–Crippen MR) is 418 cm³/mol. The van der Waals surface area contributed by atoms with E-state index in [1.807, 2.05) is 110 Å². The minimum Gasteiger partial charge on any atom is -0.497 e. The molecular formula is C77H67ClF6N28O. The van der Waals surface area contributed by atoms with E-state index in [4.69, 9.17) is 39.3 Å². The van der Waals surface area contributed by atoms with E-state index in [9.17, 15) is 26.3 Å². The number of nitrogens with two attached hydrogens (primary N) is 4. The number of methoxy groups -OCH3 is 1. The quantitative estimate of drug-likeness (QED) is 0.0393. The van der Waals surface area contributed by atoms with Crippen LogP contribution in [0.2, 0.25) is 5.02 Å². The molecule has 0 unspecified atom stereocenters. The van der Waals surface area contributed by atoms with E-state index in [0.717, 1.165) is 94.4 Å². The number of ether oxygens (including phenoxy) is 1. The fourth-order valence-electron chi connectivity index (χ4n) is 12.2. The molecule has 29 nitrogen and oxygen atoms in total. The molecule has 8 aromatic heterocycles. The summed E-state index contributed by atoms with van der Waals surface area (Å²) < 4.78 is 95.1. The lowest BCUT2D eigenvalue weighted by atomic mass is 10.2. The maximum absolute atomic E-state index is 14.2. The van der Waals surface area contributed by atoms with Crippen LogP contribution in [0.3, 0.4) is 0 Å². The highest BCUT2D eigenvalue weighted by Gasteiger charge is 2.33. The molecule has 8 heterocycles. The molecule has 0 saturated heterocycles. The molecule has 8 aromatic carbocycles. The van der Waals surface area contributed by atoms with Crippen molar-refractivity contribution < 1.29 is 31.1 Å². The zero-order valence-electron chi connectivity index (χ0n) is 60.7. The molecule has 2 aliphatic carbocycles. The van der Waals surface area contributed by atoms with Gasteiger partial charge in [-0.3, -0.25) is 18.3 Å². The summed E-state index contributed by atoms with van der Waals surface area (Å²) in [6.45, 7) is 7.69. The number of halogens is 7. The fraction of sp³-hybridized carbons (Fsp3) is 0.169. The molecule has 0 radical (unpaired) electrons. The molecular weight excluding hydrogens is 1480 g/mol. The lowest BCUT2D eigenvalue weighted by Crippen LogP contribution is -2.11. The van der Waals surface area contributed by atoms with E-state index in [-0.39, 0.29) is 81.3 Å². The van der Waals surface area contributed by atoms with Gasteiger partial charge in [0.25, 0.3) is 0 Å². The summed E-state index contributed by atoms with van der Waals surface area (Å²) in [5, 5.41) is 12.9. The Balaban J connectivity index is 0.000000119. The molecule has 18 rings (SSSR count). The Hall–Kier alpha value is -14.3. The highest BCUT2D eigenvalue weighted by atomic mass is 35.5. The lowest BCUT2D eigenvalue weighted by molar-refractivity contribution is 0.415. The number of hydrogen-bond acceptors (Lipinski definition) is 25. The van der Waals surface area contributed by atoms with Crippen molar-refractivity contribution in [3.63, 3.8) is 0 Å². The molecule has 2 aliphatic rings. The number of anilines is 12. The summed E-state index contributed by atoms with van der Waals surface area (Å²) in [6.07, 6.45) is 5.05. The SMILES string of the molecule is CCc1nc2c(F)cc(F)cc2n1-c1nc(N)nc(Nc2ccc(C)cc2)n1.CCc1nc2c(F)cc(F)cc2n1-c1nc(N)nc(Nc2ccc(Cl)cc2)n1.COc1ccc(Nc2nc(N)nc(-n3c(C4CC4)nc4cc(F)ccc43)n2)cc1.Cc1ccc(Nc2nc(N)nc(-n3c(C4CC4)nc4cc(F)ccc43)n2)cc1. The van der Waals surface area contributed by atoms with Crippen molar-refractivity contribution in [1.82, 2.24) is 98.0 Å². The van der Waals surface area contributed by atoms with Crippen molar-refractivity contribution in [2.24, 2.45) is 0 Å². The highest BCUT2D eigenvalue weighted by molar-refractivity contribution is 6.30. The third-order valence-corrected chi connectivity index (χ3v) is 18.0. The number of rotatable bonds is 17. The van der Waals surface area contributed by atoms with Gasteiger partial charge in [-0.2, -0.15) is 59.8 Å². The van der Waals surface area contributed by atoms with E-state index in [0.29, 0.717) is 81.9 Å². The molecule has 0 bridgehead atoms. The number of imidazole rings is 4. The second-order valence-corrected chi connectivity index (χ2v) is 26.5. The van der Waals surface area contributed by atoms with E-state index >= 15 is 0 Å². The van der Waals surface area contributed by atoms with Crippen molar-refractivity contribution in [3.8, 4) is 29.5 Å². The van der Waals surface area contributed by atoms with Crippen LogP contribution in [0.4, 0.5) is 96.7 Å². The van der Waals surface area contributed by atoms with Crippen LogP contribution >= 0.6 is 11.6 Å². The van der Waals surface area contributed by atoms with Crippen molar-refractivity contribution in [3.05, 3.63) is 232 Å². The van der Waals surface area contributed by atoms with Crippen LogP contribution in [0.25, 0.3) is 67.9 Å². The number of nitrogen functional groups attached to an aromatic ring is 4. The Kier molecular flexibility index (Phi) is 20.6. The van der Waals surface area contributed by atoms with Gasteiger partial charge in [-0.05, 0) is 137 Å². The van der Waals surface area contributed by atoms with Crippen LogP contribution in [-0.2, 0) is 12.8 Å². The maximum atomic E-state index is 14.2. The van der Waals surface area contributed by atoms with Crippen LogP contribution in [-0.4, -0.2) is 105 Å². The van der Waals surface area contributed by atoms with Gasteiger partial charge in [-0.1, -0.05) is 60.8 Å². The summed E-state index contributed by atoms with van der Waals surface area (Å²) in [7, 11) is 1.61. The number of nitrogens with zero attached hydrogens (tertiary/aromatic N) is 20. The molecule has 0 spiro atoms. The van der Waals surface area contributed by atoms with Crippen LogP contribution in [0.1, 0.15) is 85.8 Å². The fourth-order valence-corrected chi connectivity index (χ4v) is 12.3. The van der Waals surface area contributed by atoms with Crippen LogP contribution in [0.15, 0.2) is 158 Å². The molecule has 113 heavy (non-hydrogen) atoms. The normalized spacial score (nSPS) is 12.4. The van der Waals surface area contributed by atoms with Gasteiger partial charge in [0.2, 0.25) is 71.4 Å². The van der Waals surface area contributed by atoms with E-state index < -0.39 is 23.3 Å². The summed E-state index contributed by atoms with van der Waals surface area (Å²) in [4.78, 5) is 69.0. The first kappa shape index (κ1) is 74.2. The molecule has 2 fully saturated rings. The summed E-state index contributed by atoms with van der Waals surface area (Å²) >= 11 is 5.89. The average molecular weight is 1550 g/mol. The first-order chi connectivity index (χ1) is 54.5. The van der Waals surface area contributed by atoms with Gasteiger partial charge in [0.05, 0.1) is 40.2 Å².